The maximum atomic E-state index is 13.8. The predicted molar refractivity (Wildman–Crippen MR) is 114 cm³/mol. The molecule has 32 heavy (non-hydrogen) atoms. The first-order valence-electron chi connectivity index (χ1n) is 9.15. The zero-order chi connectivity index (χ0) is 23.6. The lowest BCUT2D eigenvalue weighted by Gasteiger charge is -2.17. The molecule has 0 atom stereocenters. The third kappa shape index (κ3) is 6.67. The number of sulfonamides is 1. The van der Waals surface area contributed by atoms with Crippen LogP contribution < -0.4 is 10.5 Å². The summed E-state index contributed by atoms with van der Waals surface area (Å²) >= 11 is 0. The number of nitrogens with zero attached hydrogens (tertiary/aromatic N) is 3. The summed E-state index contributed by atoms with van der Waals surface area (Å²) in [6.45, 7) is 3.33. The molecule has 7 nitrogen and oxygen atoms in total. The predicted octanol–water partition coefficient (Wildman–Crippen LogP) is 3.47. The Morgan fingerprint density at radius 2 is 1.91 bits per heavy atom. The molecule has 1 aromatic carbocycles. The average Bonchev–Trinajstić information content (AvgIpc) is 2.87. The number of benzene rings is 1. The van der Waals surface area contributed by atoms with Gasteiger partial charge in [0, 0.05) is 38.3 Å². The van der Waals surface area contributed by atoms with Crippen LogP contribution in [0.1, 0.15) is 22.5 Å². The van der Waals surface area contributed by atoms with Crippen molar-refractivity contribution in [1.82, 2.24) is 14.1 Å². The summed E-state index contributed by atoms with van der Waals surface area (Å²) in [7, 11) is -1.75. The number of allylic oxidation sites excluding steroid dienone is 1. The zero-order valence-electron chi connectivity index (χ0n) is 17.9. The van der Waals surface area contributed by atoms with Gasteiger partial charge in [-0.25, -0.2) is 17.1 Å². The molecule has 0 bridgehead atoms. The number of alkyl halides is 3. The minimum absolute atomic E-state index is 0. The second-order valence-corrected chi connectivity index (χ2v) is 9.11. The summed E-state index contributed by atoms with van der Waals surface area (Å²) in [5, 5.41) is 4.27. The molecule has 0 aliphatic carbocycles. The van der Waals surface area contributed by atoms with Crippen LogP contribution in [0.3, 0.4) is 0 Å². The van der Waals surface area contributed by atoms with E-state index >= 15 is 0 Å². The van der Waals surface area contributed by atoms with Gasteiger partial charge in [0.05, 0.1) is 12.2 Å². The molecule has 2 rings (SSSR count). The quantitative estimate of drug-likeness (QED) is 0.560. The van der Waals surface area contributed by atoms with Gasteiger partial charge >= 0.3 is 6.36 Å². The van der Waals surface area contributed by atoms with Crippen molar-refractivity contribution in [3.8, 4) is 5.75 Å². The summed E-state index contributed by atoms with van der Waals surface area (Å²) in [6.07, 6.45) is -3.70. The van der Waals surface area contributed by atoms with Crippen molar-refractivity contribution in [2.75, 3.05) is 20.6 Å². The van der Waals surface area contributed by atoms with E-state index in [2.05, 4.69) is 9.84 Å². The fourth-order valence-electron chi connectivity index (χ4n) is 2.96. The van der Waals surface area contributed by atoms with E-state index in [-0.39, 0.29) is 31.9 Å². The number of hydrogen-bond acceptors (Lipinski definition) is 5. The Bertz CT molecular complexity index is 1080. The smallest absolute Gasteiger partial charge is 0.404 e. The minimum atomic E-state index is -5.07. The van der Waals surface area contributed by atoms with Crippen LogP contribution in [-0.4, -0.2) is 49.5 Å². The number of ether oxygens (including phenoxy) is 1. The Hall–Kier alpha value is -2.15. The van der Waals surface area contributed by atoms with Gasteiger partial charge in [0.2, 0.25) is 10.0 Å². The Morgan fingerprint density at radius 3 is 2.44 bits per heavy atom. The highest BCUT2D eigenvalue weighted by molar-refractivity contribution is 7.89. The standard InChI is InChI=1S/C19H24F4N4O3S.ClH/c1-12-16(13(2)27(25-12)11-15(20)7-8-24)9-14-5-6-18(31(28,29)26(3)4)17(10-14)30-19(21,22)23;/h5-7,10H,8-9,11,24H2,1-4H3;1H. The normalized spacial score (nSPS) is 12.8. The Kier molecular flexibility index (Phi) is 9.28. The van der Waals surface area contributed by atoms with E-state index in [0.29, 0.717) is 22.5 Å². The Labute approximate surface area is 190 Å². The van der Waals surface area contributed by atoms with Gasteiger partial charge in [-0.2, -0.15) is 5.10 Å². The Balaban J connectivity index is 0.00000512. The molecule has 0 amide bonds. The Morgan fingerprint density at radius 1 is 1.28 bits per heavy atom. The van der Waals surface area contributed by atoms with E-state index in [0.717, 1.165) is 16.4 Å². The average molecular weight is 501 g/mol. The molecule has 13 heteroatoms. The van der Waals surface area contributed by atoms with Gasteiger partial charge in [-0.3, -0.25) is 4.68 Å². The van der Waals surface area contributed by atoms with Gasteiger partial charge in [-0.15, -0.1) is 25.6 Å². The number of halogens is 5. The molecule has 0 saturated carbocycles. The van der Waals surface area contributed by atoms with Crippen molar-refractivity contribution in [3.63, 3.8) is 0 Å². The molecule has 2 aromatic rings. The molecule has 0 aliphatic rings. The van der Waals surface area contributed by atoms with E-state index < -0.39 is 32.9 Å². The molecule has 1 heterocycles. The van der Waals surface area contributed by atoms with Crippen LogP contribution in [0.5, 0.6) is 5.75 Å². The lowest BCUT2D eigenvalue weighted by Crippen LogP contribution is -2.25. The van der Waals surface area contributed by atoms with Crippen molar-refractivity contribution in [3.05, 3.63) is 52.6 Å². The largest absolute Gasteiger partial charge is 0.573 e. The highest BCUT2D eigenvalue weighted by Gasteiger charge is 2.35. The third-order valence-electron chi connectivity index (χ3n) is 4.54. The molecule has 0 spiro atoms. The van der Waals surface area contributed by atoms with E-state index in [9.17, 15) is 26.0 Å². The van der Waals surface area contributed by atoms with Crippen LogP contribution in [0.4, 0.5) is 17.6 Å². The monoisotopic (exact) mass is 500 g/mol. The lowest BCUT2D eigenvalue weighted by molar-refractivity contribution is -0.275. The van der Waals surface area contributed by atoms with E-state index in [1.807, 2.05) is 0 Å². The molecule has 0 aliphatic heterocycles. The first-order valence-corrected chi connectivity index (χ1v) is 10.6. The SMILES string of the molecule is Cc1nn(CC(F)=CCN)c(C)c1Cc1ccc(S(=O)(=O)N(C)C)c(OC(F)(F)F)c1.Cl. The van der Waals surface area contributed by atoms with Crippen molar-refractivity contribution < 1.29 is 30.7 Å². The van der Waals surface area contributed by atoms with E-state index in [1.165, 1.54) is 30.9 Å². The molecule has 0 saturated heterocycles. The molecule has 1 aromatic heterocycles. The summed E-state index contributed by atoms with van der Waals surface area (Å²) in [5.74, 6) is -1.28. The van der Waals surface area contributed by atoms with Gasteiger partial charge in [-0.1, -0.05) is 6.07 Å². The van der Waals surface area contributed by atoms with Crippen molar-refractivity contribution >= 4 is 22.4 Å². The van der Waals surface area contributed by atoms with Crippen LogP contribution in [0.25, 0.3) is 0 Å². The van der Waals surface area contributed by atoms with Crippen LogP contribution >= 0.6 is 12.4 Å². The van der Waals surface area contributed by atoms with E-state index in [1.54, 1.807) is 13.8 Å². The number of nitrogens with two attached hydrogens (primary N) is 1. The number of aryl methyl sites for hydroxylation is 1. The fraction of sp³-hybridized carbons (Fsp3) is 0.421. The molecular weight excluding hydrogens is 476 g/mol. The van der Waals surface area contributed by atoms with Crippen molar-refractivity contribution in [2.45, 2.75) is 38.1 Å². The summed E-state index contributed by atoms with van der Waals surface area (Å²) in [4.78, 5) is -0.600. The number of aromatic nitrogens is 2. The fourth-order valence-corrected chi connectivity index (χ4v) is 3.95. The number of hydrogen-bond donors (Lipinski definition) is 1. The van der Waals surface area contributed by atoms with Gasteiger partial charge in [0.15, 0.2) is 0 Å². The molecule has 0 fully saturated rings. The highest BCUT2D eigenvalue weighted by Crippen LogP contribution is 2.33. The second kappa shape index (κ2) is 10.6. The van der Waals surface area contributed by atoms with Gasteiger partial charge in [0.1, 0.15) is 16.5 Å². The summed E-state index contributed by atoms with van der Waals surface area (Å²) in [5.41, 5.74) is 7.55. The molecule has 0 unspecified atom stereocenters. The van der Waals surface area contributed by atoms with Crippen LogP contribution in [0.2, 0.25) is 0 Å². The molecule has 2 N–H and O–H groups in total. The first-order chi connectivity index (χ1) is 14.3. The van der Waals surface area contributed by atoms with Gasteiger partial charge < -0.3 is 10.5 Å². The van der Waals surface area contributed by atoms with Crippen LogP contribution in [-0.2, 0) is 23.0 Å². The van der Waals surface area contributed by atoms with Crippen LogP contribution in [0, 0.1) is 13.8 Å². The van der Waals surface area contributed by atoms with Gasteiger partial charge in [0.25, 0.3) is 0 Å². The van der Waals surface area contributed by atoms with Crippen LogP contribution in [0.15, 0.2) is 35.0 Å². The maximum Gasteiger partial charge on any atom is 0.573 e. The van der Waals surface area contributed by atoms with E-state index in [4.69, 9.17) is 5.73 Å². The molecular formula is C19H25ClF4N4O3S. The van der Waals surface area contributed by atoms with Gasteiger partial charge in [-0.05, 0) is 37.6 Å². The number of rotatable bonds is 8. The second-order valence-electron chi connectivity index (χ2n) is 6.99. The summed E-state index contributed by atoms with van der Waals surface area (Å²) < 4.78 is 83.5. The van der Waals surface area contributed by atoms with Crippen molar-refractivity contribution in [2.24, 2.45) is 5.73 Å². The minimum Gasteiger partial charge on any atom is -0.404 e. The third-order valence-corrected chi connectivity index (χ3v) is 6.40. The zero-order valence-corrected chi connectivity index (χ0v) is 19.5. The maximum absolute atomic E-state index is 13.8. The lowest BCUT2D eigenvalue weighted by atomic mass is 10.0. The molecule has 180 valence electrons. The first kappa shape index (κ1) is 27.9. The highest BCUT2D eigenvalue weighted by atomic mass is 35.5. The molecule has 0 radical (unpaired) electrons. The van der Waals surface area contributed by atoms with Crippen molar-refractivity contribution in [1.29, 1.82) is 0 Å². The topological polar surface area (TPSA) is 90.5 Å². The summed E-state index contributed by atoms with van der Waals surface area (Å²) in [6, 6.07) is 3.52.